The van der Waals surface area contributed by atoms with Crippen molar-refractivity contribution in [2.75, 3.05) is 13.6 Å². The third-order valence-electron chi connectivity index (χ3n) is 3.45. The number of carbonyl (C=O) groups excluding carboxylic acids is 2. The summed E-state index contributed by atoms with van der Waals surface area (Å²) in [4.78, 5) is 34.9. The van der Waals surface area contributed by atoms with E-state index in [-0.39, 0.29) is 23.6 Å². The van der Waals surface area contributed by atoms with E-state index in [0.29, 0.717) is 18.7 Å². The summed E-state index contributed by atoms with van der Waals surface area (Å²) >= 11 is 0. The number of allylic oxidation sites excluding steroid dienone is 1. The lowest BCUT2D eigenvalue weighted by Crippen LogP contribution is -2.40. The van der Waals surface area contributed by atoms with Crippen molar-refractivity contribution in [3.05, 3.63) is 40.9 Å². The molecule has 130 valence electrons. The second-order valence-electron chi connectivity index (χ2n) is 5.43. The molecular formula is C16H23N4O4+. The lowest BCUT2D eigenvalue weighted by atomic mass is 10.1. The van der Waals surface area contributed by atoms with Crippen LogP contribution in [0.1, 0.15) is 41.0 Å². The highest BCUT2D eigenvalue weighted by molar-refractivity contribution is 5.98. The van der Waals surface area contributed by atoms with Gasteiger partial charge in [-0.25, -0.2) is 4.79 Å². The van der Waals surface area contributed by atoms with E-state index in [0.717, 1.165) is 5.57 Å². The van der Waals surface area contributed by atoms with Gasteiger partial charge in [-0.15, -0.1) is 0 Å². The van der Waals surface area contributed by atoms with Crippen LogP contribution >= 0.6 is 0 Å². The van der Waals surface area contributed by atoms with Crippen LogP contribution in [-0.2, 0) is 11.3 Å². The van der Waals surface area contributed by atoms with Crippen molar-refractivity contribution >= 4 is 17.8 Å². The van der Waals surface area contributed by atoms with E-state index in [2.05, 4.69) is 10.6 Å². The number of hydrogen-bond donors (Lipinski definition) is 4. The highest BCUT2D eigenvalue weighted by Crippen LogP contribution is 2.04. The molecule has 0 radical (unpaired) electrons. The lowest BCUT2D eigenvalue weighted by Gasteiger charge is -2.07. The molecule has 0 atom stereocenters. The Morgan fingerprint density at radius 1 is 1.17 bits per heavy atom. The number of nitrogens with one attached hydrogen (secondary N) is 2. The second-order valence-corrected chi connectivity index (χ2v) is 5.43. The molecule has 0 spiro atoms. The molecule has 0 aromatic carbocycles. The van der Waals surface area contributed by atoms with Gasteiger partial charge in [-0.3, -0.25) is 9.59 Å². The number of amides is 2. The van der Waals surface area contributed by atoms with Crippen LogP contribution in [0.2, 0.25) is 0 Å². The lowest BCUT2D eigenvalue weighted by molar-refractivity contribution is -0.686. The largest absolute Gasteiger partial charge is 0.477 e. The van der Waals surface area contributed by atoms with Crippen molar-refractivity contribution in [3.63, 3.8) is 0 Å². The number of pyridine rings is 1. The summed E-state index contributed by atoms with van der Waals surface area (Å²) in [6.07, 6.45) is 3.39. The van der Waals surface area contributed by atoms with Crippen LogP contribution in [0.4, 0.5) is 0 Å². The van der Waals surface area contributed by atoms with E-state index in [9.17, 15) is 14.4 Å². The first kappa shape index (κ1) is 19.1. The molecule has 8 nitrogen and oxygen atoms in total. The maximum absolute atomic E-state index is 12.2. The van der Waals surface area contributed by atoms with Gasteiger partial charge in [0.05, 0.1) is 0 Å². The van der Waals surface area contributed by atoms with Crippen LogP contribution in [0, 0.1) is 0 Å². The van der Waals surface area contributed by atoms with Crippen LogP contribution in [0.25, 0.3) is 0 Å². The van der Waals surface area contributed by atoms with Gasteiger partial charge in [-0.1, -0.05) is 5.57 Å². The Morgan fingerprint density at radius 3 is 2.25 bits per heavy atom. The van der Waals surface area contributed by atoms with Gasteiger partial charge >= 0.3 is 5.97 Å². The zero-order valence-corrected chi connectivity index (χ0v) is 14.0. The summed E-state index contributed by atoms with van der Waals surface area (Å²) in [5, 5.41) is 14.1. The van der Waals surface area contributed by atoms with E-state index in [1.165, 1.54) is 30.1 Å². The predicted octanol–water partition coefficient (Wildman–Crippen LogP) is -0.209. The summed E-state index contributed by atoms with van der Waals surface area (Å²) in [6.45, 7) is 3.72. The Bertz CT molecular complexity index is 679. The maximum Gasteiger partial charge on any atom is 0.370 e. The van der Waals surface area contributed by atoms with Crippen molar-refractivity contribution in [1.82, 2.24) is 10.6 Å². The number of carboxylic acid groups (broad SMARTS) is 1. The first-order chi connectivity index (χ1) is 11.2. The third kappa shape index (κ3) is 5.71. The van der Waals surface area contributed by atoms with Crippen molar-refractivity contribution in [1.29, 1.82) is 0 Å². The Labute approximate surface area is 140 Å². The molecule has 24 heavy (non-hydrogen) atoms. The molecular weight excluding hydrogens is 312 g/mol. The average Bonchev–Trinajstić information content (AvgIpc) is 2.52. The number of aromatic nitrogens is 1. The predicted molar refractivity (Wildman–Crippen MR) is 87.2 cm³/mol. The summed E-state index contributed by atoms with van der Waals surface area (Å²) in [6, 6.07) is 1.42. The molecule has 0 saturated heterocycles. The second kappa shape index (κ2) is 8.66. The SMILES string of the molecule is CNC(=O)c1cc(C(=O)NCC/C(C)=C(/C)N)c[n+](CC(=O)O)c1. The molecule has 1 aromatic heterocycles. The Kier molecular flexibility index (Phi) is 6.91. The zero-order chi connectivity index (χ0) is 18.3. The van der Waals surface area contributed by atoms with E-state index >= 15 is 0 Å². The molecule has 0 fully saturated rings. The van der Waals surface area contributed by atoms with Gasteiger partial charge in [0.25, 0.3) is 11.8 Å². The van der Waals surface area contributed by atoms with Gasteiger partial charge in [0.1, 0.15) is 11.1 Å². The Hall–Kier alpha value is -2.90. The Morgan fingerprint density at radius 2 is 1.75 bits per heavy atom. The smallest absolute Gasteiger partial charge is 0.370 e. The monoisotopic (exact) mass is 335 g/mol. The first-order valence-electron chi connectivity index (χ1n) is 7.42. The molecule has 0 bridgehead atoms. The average molecular weight is 335 g/mol. The molecule has 2 amide bonds. The summed E-state index contributed by atoms with van der Waals surface area (Å²) in [7, 11) is 1.46. The van der Waals surface area contributed by atoms with Gasteiger partial charge < -0.3 is 21.5 Å². The van der Waals surface area contributed by atoms with E-state index in [4.69, 9.17) is 10.8 Å². The molecule has 0 aliphatic carbocycles. The van der Waals surface area contributed by atoms with Crippen LogP contribution in [0.15, 0.2) is 29.7 Å². The number of carboxylic acids is 1. The van der Waals surface area contributed by atoms with Crippen LogP contribution in [0.3, 0.4) is 0 Å². The summed E-state index contributed by atoms with van der Waals surface area (Å²) in [5.41, 5.74) is 7.78. The van der Waals surface area contributed by atoms with E-state index < -0.39 is 11.9 Å². The summed E-state index contributed by atoms with van der Waals surface area (Å²) in [5.74, 6) is -1.86. The van der Waals surface area contributed by atoms with Gasteiger partial charge in [0.2, 0.25) is 6.54 Å². The fraction of sp³-hybridized carbons (Fsp3) is 0.375. The molecule has 8 heteroatoms. The van der Waals surface area contributed by atoms with E-state index in [1.54, 1.807) is 6.92 Å². The number of hydrogen-bond acceptors (Lipinski definition) is 4. The molecule has 0 aliphatic rings. The molecule has 0 saturated carbocycles. The fourth-order valence-electron chi connectivity index (χ4n) is 1.94. The van der Waals surface area contributed by atoms with Gasteiger partial charge in [-0.05, 0) is 26.3 Å². The molecule has 1 heterocycles. The molecule has 0 aliphatic heterocycles. The van der Waals surface area contributed by atoms with Crippen molar-refractivity contribution < 1.29 is 24.1 Å². The van der Waals surface area contributed by atoms with Gasteiger partial charge in [0, 0.05) is 19.3 Å². The van der Waals surface area contributed by atoms with Crippen molar-refractivity contribution in [2.24, 2.45) is 5.73 Å². The molecule has 0 unspecified atom stereocenters. The van der Waals surface area contributed by atoms with Gasteiger partial charge in [-0.2, -0.15) is 4.57 Å². The minimum absolute atomic E-state index is 0.209. The minimum Gasteiger partial charge on any atom is -0.477 e. The highest BCUT2D eigenvalue weighted by Gasteiger charge is 2.18. The quantitative estimate of drug-likeness (QED) is 0.513. The topological polar surface area (TPSA) is 125 Å². The highest BCUT2D eigenvalue weighted by atomic mass is 16.4. The number of carbonyl (C=O) groups is 3. The third-order valence-corrected chi connectivity index (χ3v) is 3.45. The number of nitrogens with zero attached hydrogens (tertiary/aromatic N) is 1. The summed E-state index contributed by atoms with van der Waals surface area (Å²) < 4.78 is 1.29. The van der Waals surface area contributed by atoms with Crippen molar-refractivity contribution in [2.45, 2.75) is 26.8 Å². The Balaban J connectivity index is 2.95. The number of rotatable bonds is 7. The number of aliphatic carboxylic acids is 1. The fourth-order valence-corrected chi connectivity index (χ4v) is 1.94. The molecule has 1 aromatic rings. The number of nitrogens with two attached hydrogens (primary N) is 1. The van der Waals surface area contributed by atoms with Crippen LogP contribution in [0.5, 0.6) is 0 Å². The molecule has 1 rings (SSSR count). The first-order valence-corrected chi connectivity index (χ1v) is 7.42. The van der Waals surface area contributed by atoms with Crippen LogP contribution < -0.4 is 20.9 Å². The maximum atomic E-state index is 12.2. The normalized spacial score (nSPS) is 11.5. The van der Waals surface area contributed by atoms with Crippen molar-refractivity contribution in [3.8, 4) is 0 Å². The van der Waals surface area contributed by atoms with E-state index in [1.807, 2.05) is 6.92 Å². The minimum atomic E-state index is -1.07. The van der Waals surface area contributed by atoms with Gasteiger partial charge in [0.15, 0.2) is 12.4 Å². The van der Waals surface area contributed by atoms with Crippen LogP contribution in [-0.4, -0.2) is 36.5 Å². The molecule has 5 N–H and O–H groups in total. The standard InChI is InChI=1S/C16H22N4O4/c1-10(11(2)17)4-5-19-16(24)13-6-12(15(23)18-3)7-20(8-13)9-14(21)22/h6-8H,4-5,9,17H2,1-3H3,(H2-,18,19,21,22,23,24)/p+1/b11-10-. The zero-order valence-electron chi connectivity index (χ0n) is 14.0.